The van der Waals surface area contributed by atoms with Gasteiger partial charge in [0.2, 0.25) is 0 Å². The van der Waals surface area contributed by atoms with E-state index in [0.717, 1.165) is 23.9 Å². The number of nitrogens with zero attached hydrogens (tertiary/aromatic N) is 3. The molecule has 2 N–H and O–H groups in total. The van der Waals surface area contributed by atoms with E-state index in [0.29, 0.717) is 16.9 Å². The normalized spacial score (nSPS) is 33.6. The van der Waals surface area contributed by atoms with Gasteiger partial charge in [-0.2, -0.15) is 28.9 Å². The van der Waals surface area contributed by atoms with Crippen LogP contribution in [0.1, 0.15) is 57.7 Å². The number of halogens is 3. The summed E-state index contributed by atoms with van der Waals surface area (Å²) in [5.74, 6) is 3.55. The van der Waals surface area contributed by atoms with Gasteiger partial charge in [-0.3, -0.25) is 13.8 Å². The summed E-state index contributed by atoms with van der Waals surface area (Å²) >= 11 is 0. The average Bonchev–Trinajstić information content (AvgIpc) is 3.01. The highest BCUT2D eigenvalue weighted by Gasteiger charge is 2.52. The van der Waals surface area contributed by atoms with E-state index in [4.69, 9.17) is 0 Å². The topological polar surface area (TPSA) is 61.5 Å². The number of likely N-dealkylation sites (tertiary alicyclic amines) is 1. The zero-order valence-electron chi connectivity index (χ0n) is 17.1. The molecule has 3 heterocycles. The molecule has 0 amide bonds. The second-order valence-electron chi connectivity index (χ2n) is 9.78. The van der Waals surface area contributed by atoms with Crippen molar-refractivity contribution in [3.63, 3.8) is 0 Å². The highest BCUT2D eigenvalue weighted by Crippen LogP contribution is 2.63. The summed E-state index contributed by atoms with van der Waals surface area (Å²) in [5, 5.41) is 3.37. The molecule has 2 saturated carbocycles. The maximum Gasteiger partial charge on any atom is 0.435 e. The van der Waals surface area contributed by atoms with Crippen LogP contribution in [-0.2, 0) is 6.18 Å². The SMILES string of the molecule is CC(C)n1ccc(C(F)(F)F)n1.OS1(O)CC2(CCN(C3C[C@@H]4C[C@@H]4C3)CC2)C1. The molecular weight excluding hydrogens is 403 g/mol. The summed E-state index contributed by atoms with van der Waals surface area (Å²) in [6.45, 7) is 5.96. The first-order chi connectivity index (χ1) is 13.5. The minimum Gasteiger partial charge on any atom is -0.300 e. The third-order valence-electron chi connectivity index (χ3n) is 7.10. The van der Waals surface area contributed by atoms with E-state index in [1.54, 1.807) is 13.8 Å². The molecule has 166 valence electrons. The van der Waals surface area contributed by atoms with Crippen LogP contribution in [0.2, 0.25) is 0 Å². The molecule has 1 spiro atoms. The Balaban J connectivity index is 0.000000152. The summed E-state index contributed by atoms with van der Waals surface area (Å²) in [6.07, 6.45) is 3.81. The lowest BCUT2D eigenvalue weighted by atomic mass is 9.80. The van der Waals surface area contributed by atoms with Crippen molar-refractivity contribution in [3.05, 3.63) is 18.0 Å². The molecule has 5 rings (SSSR count). The Hall–Kier alpha value is -0.770. The van der Waals surface area contributed by atoms with Gasteiger partial charge in [-0.15, -0.1) is 0 Å². The molecule has 2 aliphatic heterocycles. The lowest BCUT2D eigenvalue weighted by molar-refractivity contribution is -0.141. The zero-order valence-corrected chi connectivity index (χ0v) is 17.9. The maximum absolute atomic E-state index is 12.0. The molecule has 5 nitrogen and oxygen atoms in total. The van der Waals surface area contributed by atoms with Gasteiger partial charge in [0.1, 0.15) is 0 Å². The van der Waals surface area contributed by atoms with Gasteiger partial charge >= 0.3 is 6.18 Å². The molecule has 2 saturated heterocycles. The third kappa shape index (κ3) is 4.78. The van der Waals surface area contributed by atoms with Gasteiger partial charge in [-0.05, 0) is 76.9 Å². The van der Waals surface area contributed by atoms with Gasteiger partial charge < -0.3 is 4.90 Å². The minimum absolute atomic E-state index is 0.0406. The average molecular weight is 436 g/mol. The van der Waals surface area contributed by atoms with E-state index in [2.05, 4.69) is 10.00 Å². The van der Waals surface area contributed by atoms with Gasteiger partial charge in [-0.25, -0.2) is 0 Å². The second kappa shape index (κ2) is 7.43. The smallest absolute Gasteiger partial charge is 0.300 e. The van der Waals surface area contributed by atoms with Gasteiger partial charge in [0.05, 0.1) is 0 Å². The van der Waals surface area contributed by atoms with Crippen molar-refractivity contribution in [1.82, 2.24) is 14.7 Å². The Bertz CT molecular complexity index is 709. The van der Waals surface area contributed by atoms with E-state index in [-0.39, 0.29) is 6.04 Å². The van der Waals surface area contributed by atoms with Crippen molar-refractivity contribution in [1.29, 1.82) is 0 Å². The van der Waals surface area contributed by atoms with Gasteiger partial charge in [0, 0.05) is 35.2 Å². The van der Waals surface area contributed by atoms with Crippen molar-refractivity contribution >= 4 is 10.6 Å². The van der Waals surface area contributed by atoms with E-state index in [9.17, 15) is 22.3 Å². The standard InChI is InChI=1S/C13H23NO2S.C7H9F3N2/c15-17(16)8-13(9-17)1-3-14(4-2-13)12-6-10-5-11(10)7-12;1-5(2)12-4-3-6(11-12)7(8,9)10/h10-12,15-16H,1-9H2;3-5H,1-2H3/t10-,11+,12?;. The fraction of sp³-hybridized carbons (Fsp3) is 0.850. The molecule has 4 aliphatic rings. The largest absolute Gasteiger partial charge is 0.435 e. The van der Waals surface area contributed by atoms with Crippen LogP contribution in [0.4, 0.5) is 13.2 Å². The highest BCUT2D eigenvalue weighted by atomic mass is 32.3. The van der Waals surface area contributed by atoms with Crippen LogP contribution in [0, 0.1) is 17.3 Å². The Morgan fingerprint density at radius 3 is 2.10 bits per heavy atom. The van der Waals surface area contributed by atoms with Crippen LogP contribution in [-0.4, -0.2) is 54.4 Å². The molecule has 0 radical (unpaired) electrons. The first-order valence-corrected chi connectivity index (χ1v) is 12.4. The quantitative estimate of drug-likeness (QED) is 0.677. The molecule has 0 bridgehead atoms. The zero-order chi connectivity index (χ0) is 21.0. The van der Waals surface area contributed by atoms with Gasteiger partial charge in [0.25, 0.3) is 0 Å². The Morgan fingerprint density at radius 2 is 1.69 bits per heavy atom. The van der Waals surface area contributed by atoms with E-state index >= 15 is 0 Å². The van der Waals surface area contributed by atoms with Gasteiger partial charge in [0.15, 0.2) is 5.69 Å². The summed E-state index contributed by atoms with van der Waals surface area (Å²) in [6, 6.07) is 1.80. The van der Waals surface area contributed by atoms with Crippen LogP contribution < -0.4 is 0 Å². The number of aromatic nitrogens is 2. The van der Waals surface area contributed by atoms with Crippen LogP contribution in [0.3, 0.4) is 0 Å². The number of hydrogen-bond acceptors (Lipinski definition) is 4. The fourth-order valence-corrected chi connectivity index (χ4v) is 7.80. The van der Waals surface area contributed by atoms with Crippen molar-refractivity contribution in [3.8, 4) is 0 Å². The number of piperidine rings is 1. The summed E-state index contributed by atoms with van der Waals surface area (Å²) in [7, 11) is -2.15. The van der Waals surface area contributed by atoms with Crippen LogP contribution in [0.25, 0.3) is 0 Å². The first kappa shape index (κ1) is 21.5. The fourth-order valence-electron chi connectivity index (χ4n) is 5.35. The summed E-state index contributed by atoms with van der Waals surface area (Å²) < 4.78 is 56.4. The molecule has 9 heteroatoms. The third-order valence-corrected chi connectivity index (χ3v) is 9.25. The molecule has 4 fully saturated rings. The van der Waals surface area contributed by atoms with Crippen LogP contribution >= 0.6 is 10.6 Å². The molecule has 1 aromatic heterocycles. The number of rotatable bonds is 2. The molecule has 1 aromatic rings. The molecule has 3 atom stereocenters. The lowest BCUT2D eigenvalue weighted by Gasteiger charge is -2.59. The summed E-state index contributed by atoms with van der Waals surface area (Å²) in [4.78, 5) is 2.70. The van der Waals surface area contributed by atoms with Crippen molar-refractivity contribution < 1.29 is 22.3 Å². The Morgan fingerprint density at radius 1 is 1.10 bits per heavy atom. The van der Waals surface area contributed by atoms with E-state index in [1.165, 1.54) is 56.1 Å². The lowest BCUT2D eigenvalue weighted by Crippen LogP contribution is -2.53. The van der Waals surface area contributed by atoms with Crippen LogP contribution in [0.5, 0.6) is 0 Å². The monoisotopic (exact) mass is 435 g/mol. The molecule has 29 heavy (non-hydrogen) atoms. The van der Waals surface area contributed by atoms with Gasteiger partial charge in [-0.1, -0.05) is 0 Å². The number of hydrogen-bond donors (Lipinski definition) is 2. The first-order valence-electron chi connectivity index (χ1n) is 10.6. The molecule has 1 unspecified atom stereocenters. The molecule has 2 aliphatic carbocycles. The van der Waals surface area contributed by atoms with Crippen molar-refractivity contribution in [2.24, 2.45) is 17.3 Å². The Kier molecular flexibility index (Phi) is 5.50. The highest BCUT2D eigenvalue weighted by molar-refractivity contribution is 8.25. The minimum atomic E-state index is -4.33. The van der Waals surface area contributed by atoms with E-state index in [1.807, 2.05) is 0 Å². The predicted octanol–water partition coefficient (Wildman–Crippen LogP) is 5.11. The molecule has 0 aromatic carbocycles. The number of fused-ring (bicyclic) bond motifs is 1. The Labute approximate surface area is 172 Å². The van der Waals surface area contributed by atoms with Crippen LogP contribution in [0.15, 0.2) is 12.3 Å². The summed E-state index contributed by atoms with van der Waals surface area (Å²) in [5.41, 5.74) is -0.521. The maximum atomic E-state index is 12.0. The van der Waals surface area contributed by atoms with E-state index < -0.39 is 22.5 Å². The van der Waals surface area contributed by atoms with Crippen molar-refractivity contribution in [2.45, 2.75) is 64.2 Å². The molecular formula is C20H32F3N3O2S. The number of alkyl halides is 3. The second-order valence-corrected chi connectivity index (χ2v) is 12.0. The van der Waals surface area contributed by atoms with Crippen molar-refractivity contribution in [2.75, 3.05) is 24.6 Å². The predicted molar refractivity (Wildman–Crippen MR) is 108 cm³/mol.